The molecule has 1 amide bonds. The maximum Gasteiger partial charge on any atom is 0.255 e. The third kappa shape index (κ3) is 4.29. The van der Waals surface area contributed by atoms with Crippen molar-refractivity contribution in [2.75, 3.05) is 24.9 Å². The molecule has 2 N–H and O–H groups in total. The van der Waals surface area contributed by atoms with Crippen LogP contribution < -0.4 is 20.1 Å². The fraction of sp³-hybridized carbons (Fsp3) is 0.160. The van der Waals surface area contributed by atoms with Crippen molar-refractivity contribution in [3.05, 3.63) is 84.1 Å². The minimum atomic E-state index is -0.599. The average molecular weight is 470 g/mol. The van der Waals surface area contributed by atoms with Gasteiger partial charge in [-0.2, -0.15) is 4.98 Å². The van der Waals surface area contributed by atoms with Crippen molar-refractivity contribution in [2.24, 2.45) is 0 Å². The predicted molar refractivity (Wildman–Crippen MR) is 130 cm³/mol. The van der Waals surface area contributed by atoms with Crippen molar-refractivity contribution >= 4 is 17.5 Å². The largest absolute Gasteiger partial charge is 0.497 e. The summed E-state index contributed by atoms with van der Waals surface area (Å²) in [7, 11) is 3.17. The number of hydrogen-bond donors (Lipinski definition) is 2. The number of allylic oxidation sites excluding steroid dienone is 1. The number of carbonyl (C=O) groups excluding carboxylic acids is 1. The first-order valence-corrected chi connectivity index (χ1v) is 10.9. The van der Waals surface area contributed by atoms with Gasteiger partial charge in [0.2, 0.25) is 5.95 Å². The Hall–Kier alpha value is -4.73. The van der Waals surface area contributed by atoms with E-state index in [0.717, 1.165) is 0 Å². The number of fused-ring (bicyclic) bond motifs is 1. The minimum Gasteiger partial charge on any atom is -0.497 e. The Morgan fingerprint density at radius 1 is 1.06 bits per heavy atom. The molecule has 10 nitrogen and oxygen atoms in total. The topological polar surface area (TPSA) is 116 Å². The number of amides is 1. The van der Waals surface area contributed by atoms with Gasteiger partial charge in [-0.15, -0.1) is 5.10 Å². The SMILES string of the molecule is COc1cc(OC)cc(-c2nc3n(n2)C(c2ccccn2)C(C(=O)Nc2cccnc2)=C(C)N3)c1. The molecule has 0 spiro atoms. The van der Waals surface area contributed by atoms with Crippen LogP contribution in [0.15, 0.2) is 78.4 Å². The third-order valence-electron chi connectivity index (χ3n) is 5.59. The Morgan fingerprint density at radius 3 is 2.51 bits per heavy atom. The lowest BCUT2D eigenvalue weighted by Crippen LogP contribution is -2.32. The molecule has 1 unspecified atom stereocenters. The number of hydrogen-bond acceptors (Lipinski definition) is 8. The number of nitrogens with one attached hydrogen (secondary N) is 2. The summed E-state index contributed by atoms with van der Waals surface area (Å²) in [5, 5.41) is 10.9. The lowest BCUT2D eigenvalue weighted by atomic mass is 9.98. The molecular formula is C25H23N7O3. The van der Waals surface area contributed by atoms with E-state index in [2.05, 4.69) is 20.6 Å². The van der Waals surface area contributed by atoms with Gasteiger partial charge in [0.1, 0.15) is 17.5 Å². The van der Waals surface area contributed by atoms with E-state index in [1.165, 1.54) is 0 Å². The first kappa shape index (κ1) is 22.1. The number of nitrogens with zero attached hydrogens (tertiary/aromatic N) is 5. The molecule has 0 saturated carbocycles. The van der Waals surface area contributed by atoms with E-state index in [-0.39, 0.29) is 5.91 Å². The van der Waals surface area contributed by atoms with Gasteiger partial charge in [0.05, 0.1) is 37.4 Å². The molecular weight excluding hydrogens is 446 g/mol. The highest BCUT2D eigenvalue weighted by molar-refractivity contribution is 6.05. The van der Waals surface area contributed by atoms with Crippen LogP contribution in [-0.4, -0.2) is 44.9 Å². The summed E-state index contributed by atoms with van der Waals surface area (Å²) in [6, 6.07) is 13.9. The normalized spacial score (nSPS) is 14.7. The van der Waals surface area contributed by atoms with Gasteiger partial charge in [-0.25, -0.2) is 4.68 Å². The summed E-state index contributed by atoms with van der Waals surface area (Å²) in [6.07, 6.45) is 4.93. The monoisotopic (exact) mass is 469 g/mol. The van der Waals surface area contributed by atoms with E-state index in [9.17, 15) is 4.79 Å². The second-order valence-corrected chi connectivity index (χ2v) is 7.82. The van der Waals surface area contributed by atoms with Crippen LogP contribution in [-0.2, 0) is 4.79 Å². The molecule has 0 fully saturated rings. The molecule has 5 rings (SSSR count). The summed E-state index contributed by atoms with van der Waals surface area (Å²) in [4.78, 5) is 26.8. The fourth-order valence-corrected chi connectivity index (χ4v) is 3.95. The smallest absolute Gasteiger partial charge is 0.255 e. The zero-order valence-electron chi connectivity index (χ0n) is 19.4. The van der Waals surface area contributed by atoms with Crippen LogP contribution in [0.25, 0.3) is 11.4 Å². The summed E-state index contributed by atoms with van der Waals surface area (Å²) >= 11 is 0. The number of aromatic nitrogens is 5. The van der Waals surface area contributed by atoms with Crippen molar-refractivity contribution < 1.29 is 14.3 Å². The lowest BCUT2D eigenvalue weighted by molar-refractivity contribution is -0.113. The summed E-state index contributed by atoms with van der Waals surface area (Å²) in [5.41, 5.74) is 3.08. The first-order chi connectivity index (χ1) is 17.1. The van der Waals surface area contributed by atoms with E-state index in [1.807, 2.05) is 37.3 Å². The number of benzene rings is 1. The quantitative estimate of drug-likeness (QED) is 0.439. The molecule has 0 radical (unpaired) electrons. The third-order valence-corrected chi connectivity index (χ3v) is 5.59. The number of ether oxygens (including phenoxy) is 2. The molecule has 0 saturated heterocycles. The average Bonchev–Trinajstić information content (AvgIpc) is 3.32. The van der Waals surface area contributed by atoms with Crippen LogP contribution in [0.2, 0.25) is 0 Å². The van der Waals surface area contributed by atoms with Gasteiger partial charge in [0.25, 0.3) is 5.91 Å². The Labute approximate surface area is 201 Å². The maximum absolute atomic E-state index is 13.5. The predicted octanol–water partition coefficient (Wildman–Crippen LogP) is 3.68. The van der Waals surface area contributed by atoms with Crippen LogP contribution in [0.3, 0.4) is 0 Å². The Bertz CT molecular complexity index is 1380. The van der Waals surface area contributed by atoms with Crippen molar-refractivity contribution in [2.45, 2.75) is 13.0 Å². The minimum absolute atomic E-state index is 0.288. The maximum atomic E-state index is 13.5. The Kier molecular flexibility index (Phi) is 5.84. The molecule has 4 aromatic rings. The van der Waals surface area contributed by atoms with Gasteiger partial charge >= 0.3 is 0 Å². The fourth-order valence-electron chi connectivity index (χ4n) is 3.95. The zero-order valence-corrected chi connectivity index (χ0v) is 19.4. The summed E-state index contributed by atoms with van der Waals surface area (Å²) in [5.74, 6) is 1.89. The molecule has 1 aliphatic heterocycles. The van der Waals surface area contributed by atoms with Crippen LogP contribution >= 0.6 is 0 Å². The van der Waals surface area contributed by atoms with E-state index < -0.39 is 6.04 Å². The van der Waals surface area contributed by atoms with Crippen molar-refractivity contribution in [3.8, 4) is 22.9 Å². The standard InChI is InChI=1S/C25H23N7O3/c1-15-21(24(33)29-17-7-6-9-26-14-17)22(20-8-4-5-10-27-20)32-25(28-15)30-23(31-32)16-11-18(34-2)13-19(12-16)35-3/h4-14,22H,1-3H3,(H,29,33)(H,28,30,31). The molecule has 1 aromatic carbocycles. The number of carbonyl (C=O) groups is 1. The summed E-state index contributed by atoms with van der Waals surface area (Å²) in [6.45, 7) is 1.83. The van der Waals surface area contributed by atoms with Gasteiger partial charge in [0, 0.05) is 29.7 Å². The highest BCUT2D eigenvalue weighted by Gasteiger charge is 2.35. The van der Waals surface area contributed by atoms with Crippen LogP contribution in [0.5, 0.6) is 11.5 Å². The van der Waals surface area contributed by atoms with Gasteiger partial charge in [0.15, 0.2) is 5.82 Å². The van der Waals surface area contributed by atoms with Crippen LogP contribution in [0, 0.1) is 0 Å². The Morgan fingerprint density at radius 2 is 1.86 bits per heavy atom. The zero-order chi connectivity index (χ0) is 24.4. The van der Waals surface area contributed by atoms with Crippen LogP contribution in [0.1, 0.15) is 18.7 Å². The molecule has 4 heterocycles. The van der Waals surface area contributed by atoms with Gasteiger partial charge in [-0.05, 0) is 43.3 Å². The van der Waals surface area contributed by atoms with Crippen molar-refractivity contribution in [3.63, 3.8) is 0 Å². The number of rotatable bonds is 6. The molecule has 10 heteroatoms. The Balaban J connectivity index is 1.60. The molecule has 1 atom stereocenters. The van der Waals surface area contributed by atoms with Crippen LogP contribution in [0.4, 0.5) is 11.6 Å². The van der Waals surface area contributed by atoms with E-state index >= 15 is 0 Å². The first-order valence-electron chi connectivity index (χ1n) is 10.9. The highest BCUT2D eigenvalue weighted by Crippen LogP contribution is 2.37. The second kappa shape index (κ2) is 9.26. The van der Waals surface area contributed by atoms with Gasteiger partial charge < -0.3 is 20.1 Å². The lowest BCUT2D eigenvalue weighted by Gasteiger charge is -2.27. The highest BCUT2D eigenvalue weighted by atomic mass is 16.5. The van der Waals surface area contributed by atoms with E-state index in [1.54, 1.807) is 55.7 Å². The number of anilines is 2. The molecule has 3 aromatic heterocycles. The molecule has 0 aliphatic carbocycles. The number of methoxy groups -OCH3 is 2. The van der Waals surface area contributed by atoms with E-state index in [0.29, 0.717) is 51.5 Å². The molecule has 176 valence electrons. The molecule has 0 bridgehead atoms. The van der Waals surface area contributed by atoms with Crippen molar-refractivity contribution in [1.29, 1.82) is 0 Å². The van der Waals surface area contributed by atoms with E-state index in [4.69, 9.17) is 19.6 Å². The number of pyridine rings is 2. The van der Waals surface area contributed by atoms with Crippen molar-refractivity contribution in [1.82, 2.24) is 24.7 Å². The molecule has 1 aliphatic rings. The second-order valence-electron chi connectivity index (χ2n) is 7.82. The molecule has 35 heavy (non-hydrogen) atoms. The van der Waals surface area contributed by atoms with Gasteiger partial charge in [-0.3, -0.25) is 14.8 Å². The summed E-state index contributed by atoms with van der Waals surface area (Å²) < 4.78 is 12.5. The van der Waals surface area contributed by atoms with Gasteiger partial charge in [-0.1, -0.05) is 6.07 Å².